The van der Waals surface area contributed by atoms with Gasteiger partial charge in [-0.3, -0.25) is 4.79 Å². The molecule has 0 heterocycles. The van der Waals surface area contributed by atoms with Gasteiger partial charge < -0.3 is 5.32 Å². The van der Waals surface area contributed by atoms with Gasteiger partial charge in [-0.15, -0.1) is 0 Å². The monoisotopic (exact) mass is 246 g/mol. The molecule has 2 aliphatic rings. The molecule has 2 rings (SSSR count). The highest BCUT2D eigenvalue weighted by Gasteiger charge is 2.66. The van der Waals surface area contributed by atoms with Crippen LogP contribution in [0.5, 0.6) is 0 Å². The maximum atomic E-state index is 12.6. The topological polar surface area (TPSA) is 52.9 Å². The predicted molar refractivity (Wildman–Crippen MR) is 52.6 cm³/mol. The van der Waals surface area contributed by atoms with E-state index in [2.05, 4.69) is 0 Å². The number of nitriles is 1. The summed E-state index contributed by atoms with van der Waals surface area (Å²) in [4.78, 5) is 11.8. The van der Waals surface area contributed by atoms with Gasteiger partial charge in [-0.25, -0.2) is 0 Å². The van der Waals surface area contributed by atoms with Gasteiger partial charge >= 0.3 is 6.18 Å². The Bertz CT molecular complexity index is 387. The van der Waals surface area contributed by atoms with E-state index in [9.17, 15) is 18.0 Å². The van der Waals surface area contributed by atoms with Crippen molar-refractivity contribution in [2.45, 2.75) is 44.3 Å². The Morgan fingerprint density at radius 1 is 1.41 bits per heavy atom. The summed E-state index contributed by atoms with van der Waals surface area (Å²) in [7, 11) is 0. The average molecular weight is 246 g/mol. The number of carbonyl (C=O) groups is 1. The minimum atomic E-state index is -4.42. The zero-order chi connectivity index (χ0) is 12.9. The van der Waals surface area contributed by atoms with E-state index in [1.54, 1.807) is 0 Å². The molecule has 2 fully saturated rings. The van der Waals surface area contributed by atoms with E-state index >= 15 is 0 Å². The molecule has 0 aromatic heterocycles. The summed E-state index contributed by atoms with van der Waals surface area (Å²) < 4.78 is 37.9. The number of nitrogens with zero attached hydrogens (tertiary/aromatic N) is 1. The van der Waals surface area contributed by atoms with Crippen LogP contribution in [0.4, 0.5) is 13.2 Å². The maximum absolute atomic E-state index is 12.6. The van der Waals surface area contributed by atoms with Crippen LogP contribution in [0.25, 0.3) is 0 Å². The summed E-state index contributed by atoms with van der Waals surface area (Å²) in [5, 5.41) is 11.0. The minimum Gasteiger partial charge on any atom is -0.341 e. The third-order valence-corrected chi connectivity index (χ3v) is 3.69. The fourth-order valence-electron chi connectivity index (χ4n) is 2.40. The van der Waals surface area contributed by atoms with Crippen LogP contribution in [0, 0.1) is 22.7 Å². The predicted octanol–water partition coefficient (Wildman–Crippen LogP) is 2.14. The Morgan fingerprint density at radius 3 is 2.24 bits per heavy atom. The molecule has 94 valence electrons. The van der Waals surface area contributed by atoms with Crippen LogP contribution in [0.3, 0.4) is 0 Å². The lowest BCUT2D eigenvalue weighted by Crippen LogP contribution is -2.56. The number of alkyl halides is 3. The largest absolute Gasteiger partial charge is 0.411 e. The highest BCUT2D eigenvalue weighted by Crippen LogP contribution is 2.51. The van der Waals surface area contributed by atoms with Crippen molar-refractivity contribution >= 4 is 5.91 Å². The van der Waals surface area contributed by atoms with Gasteiger partial charge in [0.15, 0.2) is 0 Å². The molecular formula is C11H13F3N2O. The molecule has 0 aromatic rings. The maximum Gasteiger partial charge on any atom is 0.411 e. The Morgan fingerprint density at radius 2 is 1.94 bits per heavy atom. The summed E-state index contributed by atoms with van der Waals surface area (Å²) in [5.74, 6) is -0.533. The van der Waals surface area contributed by atoms with Crippen LogP contribution in [0.15, 0.2) is 0 Å². The lowest BCUT2D eigenvalue weighted by molar-refractivity contribution is -0.174. The van der Waals surface area contributed by atoms with E-state index in [-0.39, 0.29) is 18.8 Å². The second-order valence-corrected chi connectivity index (χ2v) is 5.24. The van der Waals surface area contributed by atoms with Crippen LogP contribution in [-0.2, 0) is 4.79 Å². The fourth-order valence-corrected chi connectivity index (χ4v) is 2.40. The molecule has 2 aliphatic carbocycles. The van der Waals surface area contributed by atoms with Crippen molar-refractivity contribution in [2.24, 2.45) is 11.3 Å². The van der Waals surface area contributed by atoms with E-state index in [0.29, 0.717) is 12.8 Å². The number of nitrogens with one attached hydrogen (secondary N) is 1. The summed E-state index contributed by atoms with van der Waals surface area (Å²) in [6, 6.07) is 1.87. The SMILES string of the molecule is CC1CC(C#N)(C(=O)NC2(C(F)(F)F)CC2)C1. The van der Waals surface area contributed by atoms with Gasteiger partial charge in [-0.1, -0.05) is 6.92 Å². The molecule has 3 nitrogen and oxygen atoms in total. The third kappa shape index (κ3) is 1.78. The van der Waals surface area contributed by atoms with E-state index in [1.807, 2.05) is 18.3 Å². The third-order valence-electron chi connectivity index (χ3n) is 3.69. The number of halogens is 3. The summed E-state index contributed by atoms with van der Waals surface area (Å²) in [6.07, 6.45) is -3.89. The van der Waals surface area contributed by atoms with Crippen LogP contribution in [0.2, 0.25) is 0 Å². The normalized spacial score (nSPS) is 34.4. The van der Waals surface area contributed by atoms with Crippen LogP contribution in [-0.4, -0.2) is 17.6 Å². The molecule has 0 aliphatic heterocycles. The highest BCUT2D eigenvalue weighted by atomic mass is 19.4. The quantitative estimate of drug-likeness (QED) is 0.811. The van der Waals surface area contributed by atoms with Gasteiger partial charge in [0.1, 0.15) is 11.0 Å². The zero-order valence-electron chi connectivity index (χ0n) is 9.40. The number of hydrogen-bond acceptors (Lipinski definition) is 2. The molecule has 0 spiro atoms. The lowest BCUT2D eigenvalue weighted by atomic mass is 9.63. The molecule has 1 amide bonds. The summed E-state index contributed by atoms with van der Waals surface area (Å²) in [5.41, 5.74) is -3.30. The molecule has 1 N–H and O–H groups in total. The van der Waals surface area contributed by atoms with Gasteiger partial charge in [-0.05, 0) is 31.6 Å². The Kier molecular flexibility index (Phi) is 2.42. The standard InChI is InChI=1S/C11H13F3N2O/c1-7-4-9(5-7,6-15)8(17)16-10(2-3-10)11(12,13)14/h7H,2-5H2,1H3,(H,16,17). The minimum absolute atomic E-state index is 0.0840. The molecule has 0 bridgehead atoms. The number of hydrogen-bond donors (Lipinski definition) is 1. The van der Waals surface area contributed by atoms with Gasteiger partial charge in [-0.2, -0.15) is 18.4 Å². The van der Waals surface area contributed by atoms with Crippen molar-refractivity contribution in [1.82, 2.24) is 5.32 Å². The summed E-state index contributed by atoms with van der Waals surface area (Å²) in [6.45, 7) is 1.87. The fraction of sp³-hybridized carbons (Fsp3) is 0.818. The first-order valence-corrected chi connectivity index (χ1v) is 5.55. The molecule has 0 atom stereocenters. The van der Waals surface area contributed by atoms with Crippen molar-refractivity contribution in [3.8, 4) is 6.07 Å². The summed E-state index contributed by atoms with van der Waals surface area (Å²) >= 11 is 0. The van der Waals surface area contributed by atoms with Crippen LogP contribution >= 0.6 is 0 Å². The van der Waals surface area contributed by atoms with E-state index in [4.69, 9.17) is 5.26 Å². The smallest absolute Gasteiger partial charge is 0.341 e. The van der Waals surface area contributed by atoms with Gasteiger partial charge in [0, 0.05) is 0 Å². The Labute approximate surface area is 97.0 Å². The van der Waals surface area contributed by atoms with Crippen molar-refractivity contribution < 1.29 is 18.0 Å². The van der Waals surface area contributed by atoms with E-state index in [0.717, 1.165) is 0 Å². The number of amides is 1. The van der Waals surface area contributed by atoms with E-state index in [1.165, 1.54) is 0 Å². The van der Waals surface area contributed by atoms with Crippen molar-refractivity contribution in [2.75, 3.05) is 0 Å². The molecule has 17 heavy (non-hydrogen) atoms. The molecular weight excluding hydrogens is 233 g/mol. The molecule has 0 aromatic carbocycles. The zero-order valence-corrected chi connectivity index (χ0v) is 9.40. The molecule has 0 unspecified atom stereocenters. The van der Waals surface area contributed by atoms with Gasteiger partial charge in [0.25, 0.3) is 0 Å². The first kappa shape index (κ1) is 12.2. The second kappa shape index (κ2) is 3.37. The molecule has 0 radical (unpaired) electrons. The van der Waals surface area contributed by atoms with Crippen LogP contribution < -0.4 is 5.32 Å². The van der Waals surface area contributed by atoms with Crippen LogP contribution in [0.1, 0.15) is 32.6 Å². The van der Waals surface area contributed by atoms with Gasteiger partial charge in [0.05, 0.1) is 6.07 Å². The molecule has 0 saturated heterocycles. The first-order valence-electron chi connectivity index (χ1n) is 5.55. The van der Waals surface area contributed by atoms with Crippen molar-refractivity contribution in [3.05, 3.63) is 0 Å². The van der Waals surface area contributed by atoms with Gasteiger partial charge in [0.2, 0.25) is 5.91 Å². The first-order chi connectivity index (χ1) is 7.75. The Balaban J connectivity index is 2.06. The highest BCUT2D eigenvalue weighted by molar-refractivity contribution is 5.87. The Hall–Kier alpha value is -1.25. The molecule has 2 saturated carbocycles. The average Bonchev–Trinajstić information content (AvgIpc) is 2.92. The van der Waals surface area contributed by atoms with Crippen molar-refractivity contribution in [3.63, 3.8) is 0 Å². The second-order valence-electron chi connectivity index (χ2n) is 5.24. The lowest BCUT2D eigenvalue weighted by Gasteiger charge is -2.40. The number of rotatable bonds is 2. The molecule has 6 heteroatoms. The number of carbonyl (C=O) groups excluding carboxylic acids is 1. The van der Waals surface area contributed by atoms with E-state index < -0.39 is 23.0 Å². The van der Waals surface area contributed by atoms with Crippen molar-refractivity contribution in [1.29, 1.82) is 5.26 Å².